The minimum atomic E-state index is 0.701. The van der Waals surface area contributed by atoms with Crippen LogP contribution in [0, 0.1) is 0 Å². The number of methoxy groups -OCH3 is 1. The number of rotatable bonds is 4. The number of hydrogen-bond donors (Lipinski definition) is 2. The number of benzene rings is 1. The van der Waals surface area contributed by atoms with Crippen LogP contribution in [0.25, 0.3) is 55.8 Å². The SMILES string of the molecule is COc1cncc(-c2ccc3[nH]nc(-c4nc5c(-c6ccsc6)nccc5[nH]4)c3c2)c1. The molecule has 0 aliphatic heterocycles. The van der Waals surface area contributed by atoms with Crippen molar-refractivity contribution in [2.24, 2.45) is 0 Å². The van der Waals surface area contributed by atoms with Gasteiger partial charge in [0.25, 0.3) is 0 Å². The van der Waals surface area contributed by atoms with E-state index in [0.29, 0.717) is 5.82 Å². The fourth-order valence-electron chi connectivity index (χ4n) is 3.72. The van der Waals surface area contributed by atoms with Gasteiger partial charge in [-0.3, -0.25) is 15.1 Å². The predicted molar refractivity (Wildman–Crippen MR) is 122 cm³/mol. The minimum absolute atomic E-state index is 0.701. The Balaban J connectivity index is 1.50. The molecule has 1 aromatic carbocycles. The summed E-state index contributed by atoms with van der Waals surface area (Å²) in [6, 6.07) is 12.1. The van der Waals surface area contributed by atoms with E-state index in [0.717, 1.165) is 55.8 Å². The molecule has 0 bridgehead atoms. The topological polar surface area (TPSA) is 92.4 Å². The van der Waals surface area contributed by atoms with Crippen LogP contribution in [0.15, 0.2) is 65.7 Å². The monoisotopic (exact) mass is 424 g/mol. The molecule has 2 N–H and O–H groups in total. The van der Waals surface area contributed by atoms with Crippen LogP contribution in [0.3, 0.4) is 0 Å². The van der Waals surface area contributed by atoms with Crippen molar-refractivity contribution in [3.05, 3.63) is 65.7 Å². The number of aromatic nitrogens is 6. The van der Waals surface area contributed by atoms with E-state index < -0.39 is 0 Å². The Hall–Kier alpha value is -4.04. The van der Waals surface area contributed by atoms with E-state index in [1.54, 1.807) is 30.8 Å². The maximum atomic E-state index is 5.32. The number of aromatic amines is 2. The normalized spacial score (nSPS) is 11.4. The zero-order valence-electron chi connectivity index (χ0n) is 16.5. The lowest BCUT2D eigenvalue weighted by atomic mass is 10.0. The van der Waals surface area contributed by atoms with Gasteiger partial charge in [-0.2, -0.15) is 16.4 Å². The fraction of sp³-hybridized carbons (Fsp3) is 0.0435. The van der Waals surface area contributed by atoms with Gasteiger partial charge in [-0.1, -0.05) is 6.07 Å². The molecule has 7 nitrogen and oxygen atoms in total. The zero-order chi connectivity index (χ0) is 20.8. The van der Waals surface area contributed by atoms with Gasteiger partial charge < -0.3 is 9.72 Å². The molecule has 0 radical (unpaired) electrons. The van der Waals surface area contributed by atoms with E-state index in [4.69, 9.17) is 9.72 Å². The highest BCUT2D eigenvalue weighted by Gasteiger charge is 2.16. The molecule has 6 rings (SSSR count). The van der Waals surface area contributed by atoms with Gasteiger partial charge in [0.05, 0.1) is 30.0 Å². The summed E-state index contributed by atoms with van der Waals surface area (Å²) in [5, 5.41) is 12.7. The Morgan fingerprint density at radius 2 is 1.90 bits per heavy atom. The number of hydrogen-bond acceptors (Lipinski definition) is 6. The van der Waals surface area contributed by atoms with Crippen molar-refractivity contribution in [3.63, 3.8) is 0 Å². The molecular formula is C23H16N6OS. The quantitative estimate of drug-likeness (QED) is 0.401. The van der Waals surface area contributed by atoms with Crippen LogP contribution in [0.1, 0.15) is 0 Å². The van der Waals surface area contributed by atoms with Crippen LogP contribution in [-0.2, 0) is 0 Å². The predicted octanol–water partition coefficient (Wildman–Crippen LogP) is 5.30. The van der Waals surface area contributed by atoms with E-state index in [-0.39, 0.29) is 0 Å². The second kappa shape index (κ2) is 7.03. The van der Waals surface area contributed by atoms with Crippen molar-refractivity contribution >= 4 is 33.3 Å². The largest absolute Gasteiger partial charge is 0.495 e. The Morgan fingerprint density at radius 3 is 2.77 bits per heavy atom. The highest BCUT2D eigenvalue weighted by Crippen LogP contribution is 2.33. The molecule has 6 aromatic rings. The molecule has 0 aliphatic carbocycles. The summed E-state index contributed by atoms with van der Waals surface area (Å²) in [5.74, 6) is 1.42. The maximum absolute atomic E-state index is 5.32. The Morgan fingerprint density at radius 1 is 0.935 bits per heavy atom. The van der Waals surface area contributed by atoms with Gasteiger partial charge in [0.15, 0.2) is 5.82 Å². The third-order valence-corrected chi connectivity index (χ3v) is 5.95. The van der Waals surface area contributed by atoms with Crippen LogP contribution in [0.4, 0.5) is 0 Å². The lowest BCUT2D eigenvalue weighted by Crippen LogP contribution is -1.86. The van der Waals surface area contributed by atoms with Gasteiger partial charge in [0.2, 0.25) is 0 Å². The number of ether oxygens (including phenoxy) is 1. The number of thiophene rings is 1. The van der Waals surface area contributed by atoms with Crippen molar-refractivity contribution in [3.8, 4) is 39.7 Å². The molecule has 31 heavy (non-hydrogen) atoms. The van der Waals surface area contributed by atoms with Gasteiger partial charge in [-0.05, 0) is 41.3 Å². The molecule has 5 heterocycles. The van der Waals surface area contributed by atoms with Crippen LogP contribution in [0.5, 0.6) is 5.75 Å². The molecule has 0 saturated heterocycles. The van der Waals surface area contributed by atoms with Crippen LogP contribution < -0.4 is 4.74 Å². The van der Waals surface area contributed by atoms with Crippen molar-refractivity contribution in [2.45, 2.75) is 0 Å². The highest BCUT2D eigenvalue weighted by atomic mass is 32.1. The fourth-order valence-corrected chi connectivity index (χ4v) is 4.36. The van der Waals surface area contributed by atoms with E-state index in [9.17, 15) is 0 Å². The lowest BCUT2D eigenvalue weighted by molar-refractivity contribution is 0.413. The molecule has 8 heteroatoms. The van der Waals surface area contributed by atoms with E-state index in [2.05, 4.69) is 42.7 Å². The zero-order valence-corrected chi connectivity index (χ0v) is 17.3. The Labute approximate surface area is 180 Å². The van der Waals surface area contributed by atoms with Crippen molar-refractivity contribution in [2.75, 3.05) is 7.11 Å². The van der Waals surface area contributed by atoms with Crippen LogP contribution >= 0.6 is 11.3 Å². The molecule has 0 atom stereocenters. The van der Waals surface area contributed by atoms with E-state index in [1.165, 1.54) is 0 Å². The summed E-state index contributed by atoms with van der Waals surface area (Å²) >= 11 is 1.64. The highest BCUT2D eigenvalue weighted by molar-refractivity contribution is 7.08. The molecule has 0 unspecified atom stereocenters. The Bertz CT molecular complexity index is 1530. The number of H-pyrrole nitrogens is 2. The smallest absolute Gasteiger partial charge is 0.159 e. The first-order chi connectivity index (χ1) is 15.3. The van der Waals surface area contributed by atoms with E-state index >= 15 is 0 Å². The van der Waals surface area contributed by atoms with Gasteiger partial charge in [-0.15, -0.1) is 0 Å². The van der Waals surface area contributed by atoms with Crippen LogP contribution in [-0.4, -0.2) is 37.2 Å². The minimum Gasteiger partial charge on any atom is -0.495 e. The van der Waals surface area contributed by atoms with Gasteiger partial charge in [-0.25, -0.2) is 4.98 Å². The summed E-state index contributed by atoms with van der Waals surface area (Å²) < 4.78 is 5.32. The number of nitrogens with zero attached hydrogens (tertiary/aromatic N) is 4. The number of pyridine rings is 2. The first-order valence-corrected chi connectivity index (χ1v) is 10.6. The Kier molecular flexibility index (Phi) is 4.03. The first kappa shape index (κ1) is 17.8. The lowest BCUT2D eigenvalue weighted by Gasteiger charge is -2.04. The van der Waals surface area contributed by atoms with E-state index in [1.807, 2.05) is 35.8 Å². The van der Waals surface area contributed by atoms with Gasteiger partial charge >= 0.3 is 0 Å². The summed E-state index contributed by atoms with van der Waals surface area (Å²) in [7, 11) is 1.64. The summed E-state index contributed by atoms with van der Waals surface area (Å²) in [6.07, 6.45) is 5.32. The number of imidazole rings is 1. The van der Waals surface area contributed by atoms with Crippen molar-refractivity contribution < 1.29 is 4.74 Å². The molecule has 150 valence electrons. The number of nitrogens with one attached hydrogen (secondary N) is 2. The third kappa shape index (κ3) is 2.96. The molecular weight excluding hydrogens is 408 g/mol. The summed E-state index contributed by atoms with van der Waals surface area (Å²) in [5.41, 5.74) is 7.39. The molecule has 0 fully saturated rings. The van der Waals surface area contributed by atoms with Crippen LogP contribution in [0.2, 0.25) is 0 Å². The molecule has 0 aliphatic rings. The standard InChI is InChI=1S/C23H16N6OS/c1-30-16-8-15(10-24-11-16)13-2-3-18-17(9-13)21(29-28-18)23-26-19-4-6-25-20(22(19)27-23)14-5-7-31-12-14/h2-12H,1H3,(H,26,27)(H,28,29). The third-order valence-electron chi connectivity index (χ3n) is 5.26. The maximum Gasteiger partial charge on any atom is 0.159 e. The number of fused-ring (bicyclic) bond motifs is 2. The second-order valence-electron chi connectivity index (χ2n) is 7.10. The van der Waals surface area contributed by atoms with Crippen molar-refractivity contribution in [1.82, 2.24) is 30.1 Å². The summed E-state index contributed by atoms with van der Waals surface area (Å²) in [6.45, 7) is 0. The average molecular weight is 424 g/mol. The molecule has 0 saturated carbocycles. The molecule has 5 aromatic heterocycles. The molecule has 0 amide bonds. The van der Waals surface area contributed by atoms with Crippen molar-refractivity contribution in [1.29, 1.82) is 0 Å². The first-order valence-electron chi connectivity index (χ1n) is 9.65. The second-order valence-corrected chi connectivity index (χ2v) is 7.88. The average Bonchev–Trinajstić information content (AvgIpc) is 3.57. The van der Waals surface area contributed by atoms with Gasteiger partial charge in [0, 0.05) is 34.3 Å². The molecule has 0 spiro atoms. The summed E-state index contributed by atoms with van der Waals surface area (Å²) in [4.78, 5) is 17.1. The van der Waals surface area contributed by atoms with Gasteiger partial charge in [0.1, 0.15) is 17.0 Å².